The van der Waals surface area contributed by atoms with Crippen molar-refractivity contribution >= 4 is 11.6 Å². The third kappa shape index (κ3) is 4.19. The van der Waals surface area contributed by atoms with Gasteiger partial charge in [0.25, 0.3) is 0 Å². The molecule has 1 fully saturated rings. The zero-order valence-corrected chi connectivity index (χ0v) is 12.1. The van der Waals surface area contributed by atoms with Crippen LogP contribution >= 0.6 is 0 Å². The van der Waals surface area contributed by atoms with Crippen LogP contribution < -0.4 is 15.5 Å². The number of nitrogens with zero attached hydrogens (tertiary/aromatic N) is 2. The fraction of sp³-hybridized carbons (Fsp3) is 0.500. The van der Waals surface area contributed by atoms with E-state index in [1.165, 1.54) is 0 Å². The predicted molar refractivity (Wildman–Crippen MR) is 78.7 cm³/mol. The van der Waals surface area contributed by atoms with Crippen LogP contribution in [0.15, 0.2) is 24.3 Å². The van der Waals surface area contributed by atoms with Gasteiger partial charge in [-0.05, 0) is 19.2 Å². The molecule has 1 aliphatic heterocycles. The van der Waals surface area contributed by atoms with Crippen LogP contribution in [0.1, 0.15) is 0 Å². The van der Waals surface area contributed by atoms with Crippen LogP contribution in [0.3, 0.4) is 0 Å². The number of ether oxygens (including phenoxy) is 1. The van der Waals surface area contributed by atoms with Gasteiger partial charge in [-0.1, -0.05) is 12.1 Å². The lowest BCUT2D eigenvalue weighted by Crippen LogP contribution is -2.52. The van der Waals surface area contributed by atoms with Gasteiger partial charge in [-0.15, -0.1) is 0 Å². The van der Waals surface area contributed by atoms with Crippen molar-refractivity contribution in [1.29, 1.82) is 0 Å². The minimum absolute atomic E-state index is 0.0755. The molecule has 2 rings (SSSR count). The van der Waals surface area contributed by atoms with E-state index in [0.717, 1.165) is 26.2 Å². The number of carbonyl (C=O) groups is 1. The van der Waals surface area contributed by atoms with E-state index in [-0.39, 0.29) is 12.5 Å². The van der Waals surface area contributed by atoms with E-state index in [9.17, 15) is 4.79 Å². The third-order valence-corrected chi connectivity index (χ3v) is 3.35. The Hall–Kier alpha value is -1.63. The van der Waals surface area contributed by atoms with E-state index in [0.29, 0.717) is 11.4 Å². The zero-order valence-electron chi connectivity index (χ0n) is 12.1. The first kappa shape index (κ1) is 14.8. The van der Waals surface area contributed by atoms with Crippen LogP contribution in [0, 0.1) is 0 Å². The van der Waals surface area contributed by atoms with E-state index >= 15 is 0 Å². The number of hydrazine groups is 1. The summed E-state index contributed by atoms with van der Waals surface area (Å²) in [6, 6.07) is 7.39. The number of rotatable bonds is 5. The maximum atomic E-state index is 11.9. The molecule has 0 radical (unpaired) electrons. The number of hydrogen-bond acceptors (Lipinski definition) is 5. The molecule has 110 valence electrons. The van der Waals surface area contributed by atoms with Crippen LogP contribution in [0.2, 0.25) is 0 Å². The number of methoxy groups -OCH3 is 1. The van der Waals surface area contributed by atoms with Crippen molar-refractivity contribution in [3.63, 3.8) is 0 Å². The Kier molecular flexibility index (Phi) is 5.34. The van der Waals surface area contributed by atoms with Crippen molar-refractivity contribution in [3.05, 3.63) is 24.3 Å². The fourth-order valence-corrected chi connectivity index (χ4v) is 2.09. The van der Waals surface area contributed by atoms with Crippen molar-refractivity contribution in [2.24, 2.45) is 0 Å². The lowest BCUT2D eigenvalue weighted by Gasteiger charge is -2.32. The second-order valence-electron chi connectivity index (χ2n) is 4.87. The van der Waals surface area contributed by atoms with Gasteiger partial charge in [0.1, 0.15) is 5.75 Å². The van der Waals surface area contributed by atoms with Crippen LogP contribution in [0.5, 0.6) is 5.75 Å². The Balaban J connectivity index is 1.78. The summed E-state index contributed by atoms with van der Waals surface area (Å²) in [6.07, 6.45) is 0. The molecule has 1 aromatic carbocycles. The SMILES string of the molecule is COc1ccccc1NC(=O)CNN1CCN(C)CC1. The van der Waals surface area contributed by atoms with Gasteiger partial charge in [-0.2, -0.15) is 0 Å². The quantitative estimate of drug-likeness (QED) is 0.816. The fourth-order valence-electron chi connectivity index (χ4n) is 2.09. The molecule has 6 heteroatoms. The van der Waals surface area contributed by atoms with Crippen LogP contribution in [0.25, 0.3) is 0 Å². The van der Waals surface area contributed by atoms with E-state index in [4.69, 9.17) is 4.74 Å². The number of para-hydroxylation sites is 2. The molecule has 1 saturated heterocycles. The molecule has 0 saturated carbocycles. The standard InChI is InChI=1S/C14H22N4O2/c1-17-7-9-18(10-8-17)15-11-14(19)16-12-5-3-4-6-13(12)20-2/h3-6,15H,7-11H2,1-2H3,(H,16,19). The van der Waals surface area contributed by atoms with E-state index in [1.807, 2.05) is 24.3 Å². The first-order valence-electron chi connectivity index (χ1n) is 6.79. The second kappa shape index (κ2) is 7.23. The number of amides is 1. The summed E-state index contributed by atoms with van der Waals surface area (Å²) >= 11 is 0. The highest BCUT2D eigenvalue weighted by Gasteiger charge is 2.14. The molecule has 0 atom stereocenters. The van der Waals surface area contributed by atoms with Crippen LogP contribution in [-0.2, 0) is 4.79 Å². The molecular weight excluding hydrogens is 256 g/mol. The average molecular weight is 278 g/mol. The molecule has 0 bridgehead atoms. The molecule has 1 amide bonds. The van der Waals surface area contributed by atoms with E-state index in [2.05, 4.69) is 27.7 Å². The number of anilines is 1. The van der Waals surface area contributed by atoms with Crippen molar-refractivity contribution in [1.82, 2.24) is 15.3 Å². The van der Waals surface area contributed by atoms with Gasteiger partial charge >= 0.3 is 0 Å². The Labute approximate surface area is 119 Å². The van der Waals surface area contributed by atoms with Gasteiger partial charge < -0.3 is 15.0 Å². The smallest absolute Gasteiger partial charge is 0.239 e. The van der Waals surface area contributed by atoms with E-state index < -0.39 is 0 Å². The van der Waals surface area contributed by atoms with Gasteiger partial charge in [0.05, 0.1) is 19.3 Å². The highest BCUT2D eigenvalue weighted by atomic mass is 16.5. The highest BCUT2D eigenvalue weighted by molar-refractivity contribution is 5.93. The number of hydrogen-bond donors (Lipinski definition) is 2. The molecule has 20 heavy (non-hydrogen) atoms. The normalized spacial score (nSPS) is 16.9. The van der Waals surface area contributed by atoms with Gasteiger partial charge in [-0.3, -0.25) is 4.79 Å². The van der Waals surface area contributed by atoms with Gasteiger partial charge in [-0.25, -0.2) is 10.4 Å². The molecule has 0 aromatic heterocycles. The van der Waals surface area contributed by atoms with Gasteiger partial charge in [0.2, 0.25) is 5.91 Å². The molecule has 2 N–H and O–H groups in total. The largest absolute Gasteiger partial charge is 0.495 e. The minimum Gasteiger partial charge on any atom is -0.495 e. The Morgan fingerprint density at radius 2 is 1.95 bits per heavy atom. The highest BCUT2D eigenvalue weighted by Crippen LogP contribution is 2.22. The Morgan fingerprint density at radius 3 is 2.65 bits per heavy atom. The summed E-state index contributed by atoms with van der Waals surface area (Å²) in [5, 5.41) is 4.93. The summed E-state index contributed by atoms with van der Waals surface area (Å²) in [6.45, 7) is 4.15. The molecular formula is C14H22N4O2. The summed E-state index contributed by atoms with van der Waals surface area (Å²) < 4.78 is 5.20. The van der Waals surface area contributed by atoms with Crippen LogP contribution in [-0.4, -0.2) is 62.7 Å². The number of likely N-dealkylation sites (N-methyl/N-ethyl adjacent to an activating group) is 1. The second-order valence-corrected chi connectivity index (χ2v) is 4.87. The summed E-state index contributed by atoms with van der Waals surface area (Å²) in [5.74, 6) is 0.592. The van der Waals surface area contributed by atoms with Gasteiger partial charge in [0.15, 0.2) is 0 Å². The molecule has 0 spiro atoms. The Morgan fingerprint density at radius 1 is 1.25 bits per heavy atom. The maximum Gasteiger partial charge on any atom is 0.239 e. The van der Waals surface area contributed by atoms with Crippen LogP contribution in [0.4, 0.5) is 5.69 Å². The monoisotopic (exact) mass is 278 g/mol. The number of piperazine rings is 1. The number of nitrogens with one attached hydrogen (secondary N) is 2. The van der Waals surface area contributed by atoms with Crippen molar-refractivity contribution in [2.45, 2.75) is 0 Å². The molecule has 1 aromatic rings. The van der Waals surface area contributed by atoms with Gasteiger partial charge in [0, 0.05) is 26.2 Å². The first-order valence-corrected chi connectivity index (χ1v) is 6.79. The van der Waals surface area contributed by atoms with Crippen molar-refractivity contribution in [2.75, 3.05) is 52.2 Å². The Bertz CT molecular complexity index is 445. The van der Waals surface area contributed by atoms with Crippen molar-refractivity contribution in [3.8, 4) is 5.75 Å². The summed E-state index contributed by atoms with van der Waals surface area (Å²) in [7, 11) is 3.69. The molecule has 0 aliphatic carbocycles. The summed E-state index contributed by atoms with van der Waals surface area (Å²) in [5.41, 5.74) is 3.85. The number of benzene rings is 1. The third-order valence-electron chi connectivity index (χ3n) is 3.35. The molecule has 1 heterocycles. The van der Waals surface area contributed by atoms with Crippen molar-refractivity contribution < 1.29 is 9.53 Å². The molecule has 1 aliphatic rings. The summed E-state index contributed by atoms with van der Waals surface area (Å²) in [4.78, 5) is 14.2. The molecule has 0 unspecified atom stereocenters. The minimum atomic E-state index is -0.0755. The topological polar surface area (TPSA) is 56.8 Å². The zero-order chi connectivity index (χ0) is 14.4. The maximum absolute atomic E-state index is 11.9. The predicted octanol–water partition coefficient (Wildman–Crippen LogP) is 0.386. The molecule has 6 nitrogen and oxygen atoms in total. The first-order chi connectivity index (χ1) is 9.69. The lowest BCUT2D eigenvalue weighted by atomic mass is 10.3. The average Bonchev–Trinajstić information content (AvgIpc) is 2.47. The lowest BCUT2D eigenvalue weighted by molar-refractivity contribution is -0.116. The number of carbonyl (C=O) groups excluding carboxylic acids is 1. The van der Waals surface area contributed by atoms with E-state index in [1.54, 1.807) is 7.11 Å².